The second kappa shape index (κ2) is 7.90. The molecule has 0 bridgehead atoms. The number of hydrogen-bond acceptors (Lipinski definition) is 7. The molecule has 1 N–H and O–H groups in total. The first-order valence-corrected chi connectivity index (χ1v) is 10.3. The molecule has 0 aromatic heterocycles. The molecule has 0 spiro atoms. The Bertz CT molecular complexity index is 1050. The molecule has 0 unspecified atom stereocenters. The van der Waals surface area contributed by atoms with Crippen molar-refractivity contribution in [2.24, 2.45) is 0 Å². The van der Waals surface area contributed by atoms with Crippen molar-refractivity contribution in [1.82, 2.24) is 10.2 Å². The summed E-state index contributed by atoms with van der Waals surface area (Å²) >= 11 is 3.37. The SMILES string of the molecule is COC(=O)[C@@H]1C[C@@](C(=O)OC)(N2C(=O)c3ccccc3C2=O)[C@H](c2ccc(Br)cc2)N1. The Balaban J connectivity index is 1.91. The second-order valence-electron chi connectivity index (χ2n) is 7.34. The standard InChI is InChI=1S/C22H19BrN2O6/c1-30-20(28)16-11-22(21(29)31-2,17(24-16)12-7-9-13(23)10-8-12)25-18(26)14-5-3-4-6-15(14)19(25)27/h3-10,16-17,24H,11H2,1-2H3/t16-,17-,22+/m0/s1. The van der Waals surface area contributed by atoms with Crippen LogP contribution in [0.4, 0.5) is 0 Å². The third-order valence-corrected chi connectivity index (χ3v) is 6.31. The minimum absolute atomic E-state index is 0.182. The molecule has 4 rings (SSSR count). The van der Waals surface area contributed by atoms with E-state index in [2.05, 4.69) is 21.2 Å². The van der Waals surface area contributed by atoms with E-state index in [-0.39, 0.29) is 17.5 Å². The molecule has 2 amide bonds. The van der Waals surface area contributed by atoms with E-state index in [1.165, 1.54) is 26.4 Å². The molecule has 2 aliphatic rings. The summed E-state index contributed by atoms with van der Waals surface area (Å²) in [5.74, 6) is -2.63. The maximum atomic E-state index is 13.3. The predicted molar refractivity (Wildman–Crippen MR) is 112 cm³/mol. The Labute approximate surface area is 186 Å². The van der Waals surface area contributed by atoms with Crippen LogP contribution in [-0.2, 0) is 19.1 Å². The smallest absolute Gasteiger partial charge is 0.334 e. The normalized spacial score (nSPS) is 24.8. The van der Waals surface area contributed by atoms with Crippen molar-refractivity contribution in [3.05, 3.63) is 69.7 Å². The molecular weight excluding hydrogens is 468 g/mol. The van der Waals surface area contributed by atoms with Gasteiger partial charge in [-0.1, -0.05) is 40.2 Å². The van der Waals surface area contributed by atoms with Gasteiger partial charge in [-0.05, 0) is 29.8 Å². The number of imide groups is 1. The number of halogens is 1. The summed E-state index contributed by atoms with van der Waals surface area (Å²) in [6, 6.07) is 11.6. The first-order valence-electron chi connectivity index (χ1n) is 9.50. The summed E-state index contributed by atoms with van der Waals surface area (Å²) in [5.41, 5.74) is -0.774. The monoisotopic (exact) mass is 486 g/mol. The molecule has 3 atom stereocenters. The van der Waals surface area contributed by atoms with E-state index in [4.69, 9.17) is 9.47 Å². The highest BCUT2D eigenvalue weighted by atomic mass is 79.9. The minimum atomic E-state index is -1.78. The molecule has 0 saturated carbocycles. The lowest BCUT2D eigenvalue weighted by molar-refractivity contribution is -0.153. The molecule has 8 nitrogen and oxygen atoms in total. The quantitative estimate of drug-likeness (QED) is 0.522. The summed E-state index contributed by atoms with van der Waals surface area (Å²) in [6.07, 6.45) is -0.182. The van der Waals surface area contributed by atoms with E-state index < -0.39 is 41.4 Å². The number of amides is 2. The zero-order valence-electron chi connectivity index (χ0n) is 16.8. The predicted octanol–water partition coefficient (Wildman–Crippen LogP) is 2.23. The molecule has 2 heterocycles. The lowest BCUT2D eigenvalue weighted by Gasteiger charge is -2.38. The first kappa shape index (κ1) is 21.2. The van der Waals surface area contributed by atoms with Gasteiger partial charge in [-0.25, -0.2) is 4.79 Å². The van der Waals surface area contributed by atoms with Gasteiger partial charge in [0.15, 0.2) is 5.54 Å². The van der Waals surface area contributed by atoms with Crippen LogP contribution >= 0.6 is 15.9 Å². The maximum Gasteiger partial charge on any atom is 0.334 e. The number of carbonyl (C=O) groups excluding carboxylic acids is 4. The fraction of sp³-hybridized carbons (Fsp3) is 0.273. The van der Waals surface area contributed by atoms with Crippen LogP contribution < -0.4 is 5.32 Å². The Morgan fingerprint density at radius 2 is 1.58 bits per heavy atom. The van der Waals surface area contributed by atoms with Crippen molar-refractivity contribution in [3.8, 4) is 0 Å². The number of benzene rings is 2. The van der Waals surface area contributed by atoms with Crippen molar-refractivity contribution in [1.29, 1.82) is 0 Å². The maximum absolute atomic E-state index is 13.3. The van der Waals surface area contributed by atoms with Crippen molar-refractivity contribution >= 4 is 39.7 Å². The van der Waals surface area contributed by atoms with Gasteiger partial charge >= 0.3 is 11.9 Å². The number of methoxy groups -OCH3 is 2. The second-order valence-corrected chi connectivity index (χ2v) is 8.25. The fourth-order valence-electron chi connectivity index (χ4n) is 4.39. The highest BCUT2D eigenvalue weighted by Gasteiger charge is 2.64. The number of nitrogens with zero attached hydrogens (tertiary/aromatic N) is 1. The molecule has 2 aromatic carbocycles. The summed E-state index contributed by atoms with van der Waals surface area (Å²) in [6.45, 7) is 0. The van der Waals surface area contributed by atoms with Crippen LogP contribution in [0.2, 0.25) is 0 Å². The average Bonchev–Trinajstić information content (AvgIpc) is 3.30. The summed E-state index contributed by atoms with van der Waals surface area (Å²) in [5, 5.41) is 3.09. The van der Waals surface area contributed by atoms with Crippen LogP contribution in [0.3, 0.4) is 0 Å². The highest BCUT2D eigenvalue weighted by Crippen LogP contribution is 2.46. The number of hydrogen-bond donors (Lipinski definition) is 1. The lowest BCUT2D eigenvalue weighted by Crippen LogP contribution is -2.60. The summed E-state index contributed by atoms with van der Waals surface area (Å²) in [7, 11) is 2.42. The van der Waals surface area contributed by atoms with E-state index >= 15 is 0 Å². The first-order chi connectivity index (χ1) is 14.8. The Kier molecular flexibility index (Phi) is 5.40. The molecule has 0 radical (unpaired) electrons. The van der Waals surface area contributed by atoms with Crippen LogP contribution in [0, 0.1) is 0 Å². The molecule has 0 aliphatic carbocycles. The number of ether oxygens (including phenoxy) is 2. The van der Waals surface area contributed by atoms with E-state index in [0.717, 1.165) is 9.37 Å². The van der Waals surface area contributed by atoms with Gasteiger partial charge in [-0.2, -0.15) is 0 Å². The van der Waals surface area contributed by atoms with Gasteiger partial charge in [-0.15, -0.1) is 0 Å². The van der Waals surface area contributed by atoms with Gasteiger partial charge in [0.05, 0.1) is 31.4 Å². The highest BCUT2D eigenvalue weighted by molar-refractivity contribution is 9.10. The Morgan fingerprint density at radius 1 is 1.00 bits per heavy atom. The van der Waals surface area contributed by atoms with Gasteiger partial charge < -0.3 is 9.47 Å². The van der Waals surface area contributed by atoms with Crippen molar-refractivity contribution in [2.45, 2.75) is 24.0 Å². The topological polar surface area (TPSA) is 102 Å². The van der Waals surface area contributed by atoms with E-state index in [1.807, 2.05) is 0 Å². The van der Waals surface area contributed by atoms with Crippen LogP contribution in [0.15, 0.2) is 53.0 Å². The Hall–Kier alpha value is -3.04. The van der Waals surface area contributed by atoms with Crippen molar-refractivity contribution in [3.63, 3.8) is 0 Å². The molecule has 9 heteroatoms. The summed E-state index contributed by atoms with van der Waals surface area (Å²) in [4.78, 5) is 53.3. The lowest BCUT2D eigenvalue weighted by atomic mass is 9.83. The van der Waals surface area contributed by atoms with E-state index in [1.54, 1.807) is 36.4 Å². The van der Waals surface area contributed by atoms with Crippen molar-refractivity contribution < 1.29 is 28.7 Å². The van der Waals surface area contributed by atoms with Crippen LogP contribution in [0.1, 0.15) is 38.7 Å². The van der Waals surface area contributed by atoms with Crippen LogP contribution in [-0.4, -0.2) is 54.5 Å². The molecule has 31 heavy (non-hydrogen) atoms. The molecule has 1 saturated heterocycles. The molecule has 1 fully saturated rings. The zero-order valence-corrected chi connectivity index (χ0v) is 18.3. The summed E-state index contributed by atoms with van der Waals surface area (Å²) < 4.78 is 10.8. The Morgan fingerprint density at radius 3 is 2.10 bits per heavy atom. The van der Waals surface area contributed by atoms with Gasteiger partial charge in [0, 0.05) is 10.9 Å². The largest absolute Gasteiger partial charge is 0.468 e. The van der Waals surface area contributed by atoms with Gasteiger partial charge in [-0.3, -0.25) is 24.6 Å². The number of carbonyl (C=O) groups is 4. The zero-order chi connectivity index (χ0) is 22.3. The number of nitrogens with one attached hydrogen (secondary N) is 1. The molecule has 160 valence electrons. The van der Waals surface area contributed by atoms with E-state index in [0.29, 0.717) is 5.56 Å². The van der Waals surface area contributed by atoms with Gasteiger partial charge in [0.1, 0.15) is 6.04 Å². The number of esters is 2. The molecular formula is C22H19BrN2O6. The third kappa shape index (κ3) is 3.16. The van der Waals surface area contributed by atoms with E-state index in [9.17, 15) is 19.2 Å². The van der Waals surface area contributed by atoms with Gasteiger partial charge in [0.25, 0.3) is 11.8 Å². The van der Waals surface area contributed by atoms with Gasteiger partial charge in [0.2, 0.25) is 0 Å². The van der Waals surface area contributed by atoms with Crippen molar-refractivity contribution in [2.75, 3.05) is 14.2 Å². The number of fused-ring (bicyclic) bond motifs is 1. The van der Waals surface area contributed by atoms with Crippen LogP contribution in [0.25, 0.3) is 0 Å². The molecule has 2 aromatic rings. The number of rotatable bonds is 4. The fourth-order valence-corrected chi connectivity index (χ4v) is 4.65. The average molecular weight is 487 g/mol. The van der Waals surface area contributed by atoms with Crippen LogP contribution in [0.5, 0.6) is 0 Å². The minimum Gasteiger partial charge on any atom is -0.468 e. The molecule has 2 aliphatic heterocycles. The third-order valence-electron chi connectivity index (χ3n) is 5.78.